The van der Waals surface area contributed by atoms with Crippen LogP contribution in [0.3, 0.4) is 0 Å². The van der Waals surface area contributed by atoms with E-state index in [0.29, 0.717) is 25.9 Å². The molecule has 1 unspecified atom stereocenters. The second kappa shape index (κ2) is 10.6. The minimum absolute atomic E-state index is 0.137. The van der Waals surface area contributed by atoms with E-state index >= 15 is 0 Å². The van der Waals surface area contributed by atoms with Gasteiger partial charge in [0.15, 0.2) is 0 Å². The molecule has 1 atom stereocenters. The third kappa shape index (κ3) is 5.83. The minimum atomic E-state index is -0.518. The number of para-hydroxylation sites is 1. The van der Waals surface area contributed by atoms with Crippen molar-refractivity contribution in [2.24, 2.45) is 0 Å². The maximum atomic E-state index is 13.5. The topological polar surface area (TPSA) is 77.7 Å². The van der Waals surface area contributed by atoms with Crippen molar-refractivity contribution in [2.45, 2.75) is 58.1 Å². The van der Waals surface area contributed by atoms with Crippen LogP contribution >= 0.6 is 0 Å². The number of hydrogen-bond acceptors (Lipinski definition) is 4. The molecule has 7 heteroatoms. The van der Waals surface area contributed by atoms with Gasteiger partial charge in [-0.1, -0.05) is 30.3 Å². The van der Waals surface area contributed by atoms with Crippen molar-refractivity contribution in [1.82, 2.24) is 15.2 Å². The molecule has 2 N–H and O–H groups in total. The maximum Gasteiger partial charge on any atom is 0.407 e. The van der Waals surface area contributed by atoms with E-state index in [1.54, 1.807) is 0 Å². The van der Waals surface area contributed by atoms with Crippen LogP contribution in [-0.4, -0.2) is 54.7 Å². The predicted molar refractivity (Wildman–Crippen MR) is 144 cm³/mol. The van der Waals surface area contributed by atoms with Crippen LogP contribution in [0.15, 0.2) is 48.5 Å². The van der Waals surface area contributed by atoms with Crippen molar-refractivity contribution in [3.05, 3.63) is 65.4 Å². The van der Waals surface area contributed by atoms with Gasteiger partial charge in [0.05, 0.1) is 6.04 Å². The van der Waals surface area contributed by atoms with Crippen molar-refractivity contribution >= 4 is 28.6 Å². The van der Waals surface area contributed by atoms with E-state index in [0.717, 1.165) is 35.3 Å². The molecule has 0 radical (unpaired) electrons. The number of alkyl carbamates (subject to hydrolysis) is 1. The molecule has 0 aliphatic carbocycles. The monoisotopic (exact) mass is 490 g/mol. The summed E-state index contributed by atoms with van der Waals surface area (Å²) in [6.45, 7) is 6.69. The average molecular weight is 491 g/mol. The first-order chi connectivity index (χ1) is 17.1. The van der Waals surface area contributed by atoms with Gasteiger partial charge in [-0.25, -0.2) is 4.79 Å². The lowest BCUT2D eigenvalue weighted by atomic mass is 9.91. The highest BCUT2D eigenvalue weighted by Crippen LogP contribution is 2.39. The molecular weight excluding hydrogens is 452 g/mol. The fraction of sp³-hybridized carbons (Fsp3) is 0.448. The normalized spacial score (nSPS) is 15.5. The number of ether oxygens (including phenoxy) is 1. The number of benzene rings is 2. The number of fused-ring (bicyclic) bond motifs is 3. The Balaban J connectivity index is 1.48. The molecule has 36 heavy (non-hydrogen) atoms. The van der Waals surface area contributed by atoms with E-state index in [-0.39, 0.29) is 11.9 Å². The number of hydrogen-bond donors (Lipinski definition) is 2. The molecule has 3 aromatic rings. The fourth-order valence-corrected chi connectivity index (χ4v) is 4.86. The Morgan fingerprint density at radius 3 is 2.50 bits per heavy atom. The summed E-state index contributed by atoms with van der Waals surface area (Å²) < 4.78 is 5.27. The zero-order valence-electron chi connectivity index (χ0n) is 22.1. The van der Waals surface area contributed by atoms with Gasteiger partial charge in [0.2, 0.25) is 5.91 Å². The third-order valence-corrected chi connectivity index (χ3v) is 6.57. The Labute approximate surface area is 213 Å². The first-order valence-electron chi connectivity index (χ1n) is 12.8. The largest absolute Gasteiger partial charge is 0.444 e. The van der Waals surface area contributed by atoms with E-state index in [4.69, 9.17) is 4.74 Å². The lowest BCUT2D eigenvalue weighted by Crippen LogP contribution is -2.40. The van der Waals surface area contributed by atoms with Crippen LogP contribution in [0.25, 0.3) is 10.9 Å². The van der Waals surface area contributed by atoms with E-state index in [2.05, 4.69) is 57.7 Å². The quantitative estimate of drug-likeness (QED) is 0.435. The first kappa shape index (κ1) is 25.6. The van der Waals surface area contributed by atoms with Crippen LogP contribution in [0.2, 0.25) is 0 Å². The second-order valence-corrected chi connectivity index (χ2v) is 10.7. The van der Waals surface area contributed by atoms with Crippen LogP contribution in [0.1, 0.15) is 62.9 Å². The van der Waals surface area contributed by atoms with Gasteiger partial charge in [-0.2, -0.15) is 0 Å². The van der Waals surface area contributed by atoms with E-state index in [9.17, 15) is 9.59 Å². The van der Waals surface area contributed by atoms with E-state index in [1.807, 2.05) is 45.8 Å². The molecule has 2 heterocycles. The zero-order valence-corrected chi connectivity index (χ0v) is 22.1. The Hall–Kier alpha value is -3.48. The number of unbranched alkanes of at least 4 members (excludes halogenated alkanes) is 1. The number of carbonyl (C=O) groups excluding carboxylic acids is 2. The van der Waals surface area contributed by atoms with Gasteiger partial charge in [0.1, 0.15) is 5.60 Å². The van der Waals surface area contributed by atoms with Crippen LogP contribution in [0.5, 0.6) is 0 Å². The highest BCUT2D eigenvalue weighted by molar-refractivity contribution is 5.86. The summed E-state index contributed by atoms with van der Waals surface area (Å²) in [5, 5.41) is 4.01. The van der Waals surface area contributed by atoms with Crippen molar-refractivity contribution in [1.29, 1.82) is 0 Å². The molecule has 1 aliphatic heterocycles. The molecule has 0 saturated carbocycles. The molecule has 2 amide bonds. The molecule has 1 aromatic heterocycles. The van der Waals surface area contributed by atoms with Gasteiger partial charge in [-0.05, 0) is 69.4 Å². The van der Waals surface area contributed by atoms with E-state index in [1.165, 1.54) is 10.9 Å². The molecule has 0 fully saturated rings. The molecule has 1 aliphatic rings. The maximum absolute atomic E-state index is 13.5. The van der Waals surface area contributed by atoms with Gasteiger partial charge >= 0.3 is 6.09 Å². The van der Waals surface area contributed by atoms with Gasteiger partial charge in [-0.3, -0.25) is 4.79 Å². The lowest BCUT2D eigenvalue weighted by Gasteiger charge is -2.36. The minimum Gasteiger partial charge on any atom is -0.444 e. The van der Waals surface area contributed by atoms with Crippen molar-refractivity contribution < 1.29 is 14.3 Å². The predicted octanol–water partition coefficient (Wildman–Crippen LogP) is 5.40. The summed E-state index contributed by atoms with van der Waals surface area (Å²) in [6.07, 6.45) is 2.28. The molecule has 2 aromatic carbocycles. The summed E-state index contributed by atoms with van der Waals surface area (Å²) >= 11 is 0. The number of amides is 2. The summed E-state index contributed by atoms with van der Waals surface area (Å²) in [6, 6.07) is 16.7. The van der Waals surface area contributed by atoms with Crippen molar-refractivity contribution in [2.75, 3.05) is 32.1 Å². The van der Waals surface area contributed by atoms with Crippen LogP contribution < -0.4 is 10.2 Å². The van der Waals surface area contributed by atoms with Gasteiger partial charge in [0, 0.05) is 55.9 Å². The highest BCUT2D eigenvalue weighted by atomic mass is 16.6. The molecule has 7 nitrogen and oxygen atoms in total. The Bertz CT molecular complexity index is 1210. The van der Waals surface area contributed by atoms with Crippen LogP contribution in [0.4, 0.5) is 10.5 Å². The Morgan fingerprint density at radius 1 is 1.08 bits per heavy atom. The lowest BCUT2D eigenvalue weighted by molar-refractivity contribution is -0.133. The molecule has 0 bridgehead atoms. The Morgan fingerprint density at radius 2 is 1.81 bits per heavy atom. The standard InChI is InChI=1S/C29H38N4O3/c1-29(2,3)36-28(35)30-18-9-8-12-25(34)33-19-17-23-22-10-6-7-11-24(22)31-26(23)27(33)20-13-15-21(16-14-20)32(4)5/h6-7,10-11,13-16,27,31H,8-9,12,17-19H2,1-5H3,(H,30,35). The number of nitrogens with one attached hydrogen (secondary N) is 2. The van der Waals surface area contributed by atoms with Gasteiger partial charge in [0.25, 0.3) is 0 Å². The average Bonchev–Trinajstić information content (AvgIpc) is 3.20. The third-order valence-electron chi connectivity index (χ3n) is 6.57. The highest BCUT2D eigenvalue weighted by Gasteiger charge is 2.34. The summed E-state index contributed by atoms with van der Waals surface area (Å²) in [5.74, 6) is 0.137. The number of aromatic amines is 1. The number of carbonyl (C=O) groups is 2. The van der Waals surface area contributed by atoms with Gasteiger partial charge < -0.3 is 24.8 Å². The summed E-state index contributed by atoms with van der Waals surface area (Å²) in [5.41, 5.74) is 5.24. The SMILES string of the molecule is CN(C)c1ccc(C2c3[nH]c4ccccc4c3CCN2C(=O)CCCCNC(=O)OC(C)(C)C)cc1. The fourth-order valence-electron chi connectivity index (χ4n) is 4.86. The molecule has 4 rings (SSSR count). The number of H-pyrrole nitrogens is 1. The molecule has 0 saturated heterocycles. The number of nitrogens with zero attached hydrogens (tertiary/aromatic N) is 2. The van der Waals surface area contributed by atoms with Crippen molar-refractivity contribution in [3.8, 4) is 0 Å². The number of aromatic nitrogens is 1. The molecular formula is C29H38N4O3. The Kier molecular flexibility index (Phi) is 7.57. The molecule has 192 valence electrons. The summed E-state index contributed by atoms with van der Waals surface area (Å²) in [7, 11) is 4.05. The number of anilines is 1. The van der Waals surface area contributed by atoms with E-state index < -0.39 is 11.7 Å². The van der Waals surface area contributed by atoms with Crippen LogP contribution in [0, 0.1) is 0 Å². The molecule has 0 spiro atoms. The first-order valence-corrected chi connectivity index (χ1v) is 12.8. The smallest absolute Gasteiger partial charge is 0.407 e. The second-order valence-electron chi connectivity index (χ2n) is 10.7. The van der Waals surface area contributed by atoms with Crippen molar-refractivity contribution in [3.63, 3.8) is 0 Å². The number of rotatable bonds is 7. The zero-order chi connectivity index (χ0) is 25.9. The summed E-state index contributed by atoms with van der Waals surface area (Å²) in [4.78, 5) is 33.0. The van der Waals surface area contributed by atoms with Crippen LogP contribution in [-0.2, 0) is 16.0 Å². The van der Waals surface area contributed by atoms with Gasteiger partial charge in [-0.15, -0.1) is 0 Å².